The number of anilines is 1. The number of hydrogen-bond acceptors (Lipinski definition) is 3. The third kappa shape index (κ3) is 2.21. The van der Waals surface area contributed by atoms with E-state index in [-0.39, 0.29) is 9.99 Å². The molecule has 1 N–H and O–H groups in total. The topological polar surface area (TPSA) is 34.2 Å². The summed E-state index contributed by atoms with van der Waals surface area (Å²) < 4.78 is 33.8. The summed E-state index contributed by atoms with van der Waals surface area (Å²) in [6.45, 7) is 1.01. The van der Waals surface area contributed by atoms with Crippen LogP contribution < -0.4 is 5.32 Å². The molecule has 2 aliphatic rings. The number of benzene rings is 1. The first-order valence-electron chi connectivity index (χ1n) is 6.98. The van der Waals surface area contributed by atoms with Gasteiger partial charge in [-0.1, -0.05) is 0 Å². The number of hydrogen-bond donors (Lipinski definition) is 1. The maximum absolute atomic E-state index is 14.1. The van der Waals surface area contributed by atoms with Gasteiger partial charge in [0.2, 0.25) is 0 Å². The van der Waals surface area contributed by atoms with Crippen LogP contribution in [-0.4, -0.2) is 17.6 Å². The van der Waals surface area contributed by atoms with Gasteiger partial charge >= 0.3 is 0 Å². The van der Waals surface area contributed by atoms with E-state index in [0.717, 1.165) is 35.9 Å². The van der Waals surface area contributed by atoms with Crippen molar-refractivity contribution in [2.75, 3.05) is 11.9 Å². The second-order valence-corrected chi connectivity index (χ2v) is 6.30. The van der Waals surface area contributed by atoms with Crippen molar-refractivity contribution in [3.63, 3.8) is 0 Å². The molecular weight excluding hydrogens is 342 g/mol. The van der Waals surface area contributed by atoms with E-state index in [1.165, 1.54) is 0 Å². The van der Waals surface area contributed by atoms with E-state index >= 15 is 0 Å². The van der Waals surface area contributed by atoms with Crippen LogP contribution in [0.4, 0.5) is 14.5 Å². The van der Waals surface area contributed by atoms with E-state index < -0.39 is 11.6 Å². The minimum Gasteiger partial charge on any atom is -0.381 e. The Balaban J connectivity index is 2.06. The first-order chi connectivity index (χ1) is 10.1. The Hall–Kier alpha value is -1.27. The molecule has 3 nitrogen and oxygen atoms in total. The monoisotopic (exact) mass is 354 g/mol. The Morgan fingerprint density at radius 3 is 2.86 bits per heavy atom. The molecule has 21 heavy (non-hydrogen) atoms. The van der Waals surface area contributed by atoms with Gasteiger partial charge in [0.25, 0.3) is 0 Å². The summed E-state index contributed by atoms with van der Waals surface area (Å²) in [5, 5.41) is 3.87. The molecule has 1 aromatic heterocycles. The molecule has 0 spiro atoms. The van der Waals surface area contributed by atoms with Crippen LogP contribution in [0.15, 0.2) is 10.5 Å². The largest absolute Gasteiger partial charge is 0.381 e. The van der Waals surface area contributed by atoms with Gasteiger partial charge < -0.3 is 10.1 Å². The highest BCUT2D eigenvalue weighted by Gasteiger charge is 2.28. The number of fused-ring (bicyclic) bond motifs is 2. The first kappa shape index (κ1) is 13.4. The van der Waals surface area contributed by atoms with Crippen molar-refractivity contribution in [3.05, 3.63) is 33.4 Å². The van der Waals surface area contributed by atoms with Gasteiger partial charge in [-0.2, -0.15) is 0 Å². The number of halogens is 3. The van der Waals surface area contributed by atoms with Crippen LogP contribution in [0.2, 0.25) is 0 Å². The Morgan fingerprint density at radius 1 is 1.29 bits per heavy atom. The zero-order valence-corrected chi connectivity index (χ0v) is 12.8. The second kappa shape index (κ2) is 4.88. The summed E-state index contributed by atoms with van der Waals surface area (Å²) in [5.41, 5.74) is 2.75. The van der Waals surface area contributed by atoms with E-state index in [2.05, 4.69) is 26.2 Å². The Kier molecular flexibility index (Phi) is 3.11. The maximum atomic E-state index is 14.1. The van der Waals surface area contributed by atoms with Gasteiger partial charge in [0.05, 0.1) is 29.1 Å². The lowest BCUT2D eigenvalue weighted by Crippen LogP contribution is -2.17. The Bertz CT molecular complexity index is 747. The molecule has 110 valence electrons. The molecule has 0 atom stereocenters. The van der Waals surface area contributed by atoms with Crippen LogP contribution in [0.25, 0.3) is 10.9 Å². The summed E-state index contributed by atoms with van der Waals surface area (Å²) in [6, 6.07) is 1.26. The van der Waals surface area contributed by atoms with Gasteiger partial charge in [-0.25, -0.2) is 13.8 Å². The number of rotatable bonds is 2. The number of nitrogens with zero attached hydrogens (tertiary/aromatic N) is 1. The van der Waals surface area contributed by atoms with E-state index in [1.807, 2.05) is 0 Å². The zero-order chi connectivity index (χ0) is 14.6. The Morgan fingerprint density at radius 2 is 2.10 bits per heavy atom. The molecule has 6 heteroatoms. The second-order valence-electron chi connectivity index (χ2n) is 5.51. The molecule has 0 amide bonds. The average molecular weight is 355 g/mol. The summed E-state index contributed by atoms with van der Waals surface area (Å²) in [6.07, 6.45) is 2.81. The van der Waals surface area contributed by atoms with Crippen LogP contribution in [-0.2, 0) is 17.8 Å². The van der Waals surface area contributed by atoms with Crippen molar-refractivity contribution in [1.29, 1.82) is 0 Å². The summed E-state index contributed by atoms with van der Waals surface area (Å²) >= 11 is 3.24. The molecule has 1 aromatic carbocycles. The molecule has 0 saturated heterocycles. The van der Waals surface area contributed by atoms with Crippen LogP contribution in [0, 0.1) is 11.6 Å². The predicted molar refractivity (Wildman–Crippen MR) is 79.4 cm³/mol. The standard InChI is InChI=1S/C15H13BrF2N2O/c16-13-9(17)5-10(18)15-12(13)14(19-7-1-2-7)8-6-21-4-3-11(8)20-15/h5,7H,1-4,6H2,(H,19,20). The van der Waals surface area contributed by atoms with E-state index in [9.17, 15) is 8.78 Å². The third-order valence-electron chi connectivity index (χ3n) is 3.95. The fraction of sp³-hybridized carbons (Fsp3) is 0.400. The number of nitrogens with one attached hydrogen (secondary N) is 1. The SMILES string of the molecule is Fc1cc(F)c2nc3c(c(NC4CC4)c2c1Br)COCC3. The van der Waals surface area contributed by atoms with Crippen LogP contribution in [0.5, 0.6) is 0 Å². The molecule has 2 heterocycles. The fourth-order valence-electron chi connectivity index (χ4n) is 2.72. The number of ether oxygens (including phenoxy) is 1. The van der Waals surface area contributed by atoms with Gasteiger partial charge in [0.1, 0.15) is 11.3 Å². The van der Waals surface area contributed by atoms with E-state index in [4.69, 9.17) is 4.74 Å². The molecule has 0 bridgehead atoms. The van der Waals surface area contributed by atoms with Crippen molar-refractivity contribution in [3.8, 4) is 0 Å². The van der Waals surface area contributed by atoms with Crippen molar-refractivity contribution in [2.24, 2.45) is 0 Å². The van der Waals surface area contributed by atoms with Crippen LogP contribution in [0.1, 0.15) is 24.1 Å². The molecule has 0 radical (unpaired) electrons. The van der Waals surface area contributed by atoms with Gasteiger partial charge in [-0.05, 0) is 28.8 Å². The Labute approximate surface area is 128 Å². The summed E-state index contributed by atoms with van der Waals surface area (Å²) in [4.78, 5) is 4.41. The minimum absolute atomic E-state index is 0.215. The summed E-state index contributed by atoms with van der Waals surface area (Å²) in [5.74, 6) is -1.24. The zero-order valence-electron chi connectivity index (χ0n) is 11.2. The highest BCUT2D eigenvalue weighted by Crippen LogP contribution is 2.40. The lowest BCUT2D eigenvalue weighted by Gasteiger charge is -2.22. The van der Waals surface area contributed by atoms with E-state index in [0.29, 0.717) is 31.1 Å². The highest BCUT2D eigenvalue weighted by atomic mass is 79.9. The first-order valence-corrected chi connectivity index (χ1v) is 7.77. The average Bonchev–Trinajstić information content (AvgIpc) is 3.28. The van der Waals surface area contributed by atoms with Crippen molar-refractivity contribution in [2.45, 2.75) is 31.9 Å². The van der Waals surface area contributed by atoms with Crippen molar-refractivity contribution >= 4 is 32.5 Å². The fourth-order valence-corrected chi connectivity index (χ4v) is 3.22. The molecule has 1 saturated carbocycles. The van der Waals surface area contributed by atoms with Crippen LogP contribution in [0.3, 0.4) is 0 Å². The molecule has 4 rings (SSSR count). The molecule has 1 aliphatic heterocycles. The minimum atomic E-state index is -0.626. The third-order valence-corrected chi connectivity index (χ3v) is 4.72. The molecule has 0 unspecified atom stereocenters. The van der Waals surface area contributed by atoms with Crippen LogP contribution >= 0.6 is 15.9 Å². The number of aromatic nitrogens is 1. The molecular formula is C15H13BrF2N2O. The van der Waals surface area contributed by atoms with Gasteiger partial charge in [0, 0.05) is 29.5 Å². The maximum Gasteiger partial charge on any atom is 0.152 e. The van der Waals surface area contributed by atoms with Crippen molar-refractivity contribution in [1.82, 2.24) is 4.98 Å². The molecule has 1 fully saturated rings. The quantitative estimate of drug-likeness (QED) is 0.830. The highest BCUT2D eigenvalue weighted by molar-refractivity contribution is 9.10. The normalized spacial score (nSPS) is 17.9. The van der Waals surface area contributed by atoms with Gasteiger partial charge in [-0.15, -0.1) is 0 Å². The van der Waals surface area contributed by atoms with Gasteiger partial charge in [0.15, 0.2) is 5.82 Å². The smallest absolute Gasteiger partial charge is 0.152 e. The van der Waals surface area contributed by atoms with E-state index in [1.54, 1.807) is 0 Å². The number of pyridine rings is 1. The van der Waals surface area contributed by atoms with Gasteiger partial charge in [-0.3, -0.25) is 0 Å². The summed E-state index contributed by atoms with van der Waals surface area (Å²) in [7, 11) is 0. The molecule has 1 aliphatic carbocycles. The lowest BCUT2D eigenvalue weighted by molar-refractivity contribution is 0.110. The molecule has 2 aromatic rings. The predicted octanol–water partition coefficient (Wildman–Crippen LogP) is 3.92. The van der Waals surface area contributed by atoms with Crippen molar-refractivity contribution < 1.29 is 13.5 Å². The lowest BCUT2D eigenvalue weighted by atomic mass is 10.0.